The van der Waals surface area contributed by atoms with E-state index in [1.54, 1.807) is 11.8 Å². The van der Waals surface area contributed by atoms with E-state index in [1.165, 1.54) is 0 Å². The minimum absolute atomic E-state index is 0.627. The minimum atomic E-state index is 0.627. The first kappa shape index (κ1) is 11.2. The highest BCUT2D eigenvalue weighted by atomic mass is 79.9. The monoisotopic (exact) mass is 280 g/mol. The number of hydrogen-bond donors (Lipinski definition) is 0. The lowest BCUT2D eigenvalue weighted by Crippen LogP contribution is -1.94. The van der Waals surface area contributed by atoms with Gasteiger partial charge in [0.05, 0.1) is 5.02 Å². The van der Waals surface area contributed by atoms with E-state index in [9.17, 15) is 0 Å². The maximum absolute atomic E-state index is 6.01. The summed E-state index contributed by atoms with van der Waals surface area (Å²) < 4.78 is 6.46. The molecule has 0 spiro atoms. The smallest absolute Gasteiger partial charge is 0.142 e. The highest BCUT2D eigenvalue weighted by Crippen LogP contribution is 2.32. The van der Waals surface area contributed by atoms with E-state index in [1.807, 2.05) is 25.3 Å². The zero-order chi connectivity index (χ0) is 9.84. The Balaban J connectivity index is 2.92. The lowest BCUT2D eigenvalue weighted by Gasteiger charge is -2.09. The number of hydrogen-bond acceptors (Lipinski definition) is 2. The van der Waals surface area contributed by atoms with E-state index in [2.05, 4.69) is 15.9 Å². The average Bonchev–Trinajstić information content (AvgIpc) is 2.02. The molecular weight excluding hydrogens is 272 g/mol. The zero-order valence-electron chi connectivity index (χ0n) is 7.43. The van der Waals surface area contributed by atoms with Crippen LogP contribution < -0.4 is 4.74 Å². The SMILES string of the molecule is CSCOc1c(C)cc(Br)cc1Cl. The number of halogens is 2. The van der Waals surface area contributed by atoms with Gasteiger partial charge < -0.3 is 4.74 Å². The molecule has 0 aromatic heterocycles. The third kappa shape index (κ3) is 3.08. The summed E-state index contributed by atoms with van der Waals surface area (Å²) in [6, 6.07) is 3.83. The molecule has 0 saturated carbocycles. The molecule has 1 rings (SSSR count). The molecule has 1 nitrogen and oxygen atoms in total. The fraction of sp³-hybridized carbons (Fsp3) is 0.333. The largest absolute Gasteiger partial charge is 0.481 e. The predicted molar refractivity (Wildman–Crippen MR) is 62.9 cm³/mol. The van der Waals surface area contributed by atoms with Crippen LogP contribution in [0.5, 0.6) is 5.75 Å². The topological polar surface area (TPSA) is 9.23 Å². The number of aryl methyl sites for hydroxylation is 1. The first-order valence-corrected chi connectivity index (χ1v) is 6.29. The summed E-state index contributed by atoms with van der Waals surface area (Å²) >= 11 is 11.0. The number of thioether (sulfide) groups is 1. The predicted octanol–water partition coefficient (Wildman–Crippen LogP) is 4.11. The molecule has 0 fully saturated rings. The first-order chi connectivity index (χ1) is 6.15. The molecule has 0 bridgehead atoms. The lowest BCUT2D eigenvalue weighted by molar-refractivity contribution is 0.390. The molecule has 0 saturated heterocycles. The molecule has 0 unspecified atom stereocenters. The van der Waals surface area contributed by atoms with E-state index in [4.69, 9.17) is 16.3 Å². The third-order valence-electron chi connectivity index (χ3n) is 1.52. The highest BCUT2D eigenvalue weighted by Gasteiger charge is 2.06. The van der Waals surface area contributed by atoms with E-state index in [0.29, 0.717) is 11.0 Å². The summed E-state index contributed by atoms with van der Waals surface area (Å²) in [6.07, 6.45) is 1.99. The molecule has 0 N–H and O–H groups in total. The van der Waals surface area contributed by atoms with Crippen molar-refractivity contribution in [3.05, 3.63) is 27.2 Å². The quantitative estimate of drug-likeness (QED) is 0.771. The summed E-state index contributed by atoms with van der Waals surface area (Å²) in [7, 11) is 0. The molecule has 1 aromatic carbocycles. The molecule has 0 radical (unpaired) electrons. The van der Waals surface area contributed by atoms with Crippen LogP contribution in [0.1, 0.15) is 5.56 Å². The van der Waals surface area contributed by atoms with Crippen molar-refractivity contribution in [3.63, 3.8) is 0 Å². The van der Waals surface area contributed by atoms with Gasteiger partial charge in [0.15, 0.2) is 0 Å². The Bertz CT molecular complexity index is 281. The average molecular weight is 282 g/mol. The van der Waals surface area contributed by atoms with Crippen molar-refractivity contribution in [1.29, 1.82) is 0 Å². The standard InChI is InChI=1S/C9H10BrClOS/c1-6-3-7(10)4-8(11)9(6)12-5-13-2/h3-4H,5H2,1-2H3. The summed E-state index contributed by atoms with van der Waals surface area (Å²) in [6.45, 7) is 1.98. The molecule has 0 atom stereocenters. The Kier molecular flexibility index (Phi) is 4.42. The van der Waals surface area contributed by atoms with E-state index in [0.717, 1.165) is 15.8 Å². The lowest BCUT2D eigenvalue weighted by atomic mass is 10.2. The van der Waals surface area contributed by atoms with Gasteiger partial charge in [0.2, 0.25) is 0 Å². The number of ether oxygens (including phenoxy) is 1. The molecular formula is C9H10BrClOS. The van der Waals surface area contributed by atoms with Crippen molar-refractivity contribution in [3.8, 4) is 5.75 Å². The number of rotatable bonds is 3. The van der Waals surface area contributed by atoms with Gasteiger partial charge in [-0.2, -0.15) is 0 Å². The van der Waals surface area contributed by atoms with Gasteiger partial charge >= 0.3 is 0 Å². The normalized spacial score (nSPS) is 10.2. The molecule has 1 aromatic rings. The van der Waals surface area contributed by atoms with Crippen LogP contribution in [-0.2, 0) is 0 Å². The summed E-state index contributed by atoms with van der Waals surface area (Å²) in [5, 5.41) is 0.654. The summed E-state index contributed by atoms with van der Waals surface area (Å²) in [5.41, 5.74) is 1.05. The molecule has 0 aliphatic carbocycles. The van der Waals surface area contributed by atoms with Crippen LogP contribution in [0.2, 0.25) is 5.02 Å². The molecule has 0 heterocycles. The van der Waals surface area contributed by atoms with Crippen LogP contribution in [0.4, 0.5) is 0 Å². The van der Waals surface area contributed by atoms with E-state index < -0.39 is 0 Å². The zero-order valence-corrected chi connectivity index (χ0v) is 10.6. The summed E-state index contributed by atoms with van der Waals surface area (Å²) in [5.74, 6) is 1.40. The molecule has 13 heavy (non-hydrogen) atoms. The van der Waals surface area contributed by atoms with Crippen molar-refractivity contribution < 1.29 is 4.74 Å². The van der Waals surface area contributed by atoms with Gasteiger partial charge in [-0.05, 0) is 30.9 Å². The Morgan fingerprint density at radius 3 is 2.77 bits per heavy atom. The second-order valence-corrected chi connectivity index (χ2v) is 4.72. The van der Waals surface area contributed by atoms with Crippen molar-refractivity contribution in [2.45, 2.75) is 6.92 Å². The van der Waals surface area contributed by atoms with Crippen molar-refractivity contribution in [2.75, 3.05) is 12.2 Å². The van der Waals surface area contributed by atoms with E-state index in [-0.39, 0.29) is 0 Å². The Labute approximate surface area is 95.9 Å². The van der Waals surface area contributed by atoms with Gasteiger partial charge in [0.1, 0.15) is 11.7 Å². The minimum Gasteiger partial charge on any atom is -0.481 e. The number of benzene rings is 1. The van der Waals surface area contributed by atoms with Gasteiger partial charge in [-0.15, -0.1) is 11.8 Å². The molecule has 4 heteroatoms. The molecule has 0 amide bonds. The third-order valence-corrected chi connectivity index (χ3v) is 2.61. The first-order valence-electron chi connectivity index (χ1n) is 3.72. The van der Waals surface area contributed by atoms with Crippen LogP contribution in [0.3, 0.4) is 0 Å². The van der Waals surface area contributed by atoms with Gasteiger partial charge in [-0.25, -0.2) is 0 Å². The molecule has 72 valence electrons. The Morgan fingerprint density at radius 2 is 2.23 bits per heavy atom. The highest BCUT2D eigenvalue weighted by molar-refractivity contribution is 9.10. The van der Waals surface area contributed by atoms with Crippen molar-refractivity contribution >= 4 is 39.3 Å². The summed E-state index contributed by atoms with van der Waals surface area (Å²) in [4.78, 5) is 0. The Hall–Kier alpha value is 0.140. The molecule has 0 aliphatic heterocycles. The van der Waals surface area contributed by atoms with E-state index >= 15 is 0 Å². The fourth-order valence-electron chi connectivity index (χ4n) is 0.990. The Morgan fingerprint density at radius 1 is 1.54 bits per heavy atom. The fourth-order valence-corrected chi connectivity index (χ4v) is 2.25. The second-order valence-electron chi connectivity index (χ2n) is 2.58. The van der Waals surface area contributed by atoms with Crippen LogP contribution in [0.15, 0.2) is 16.6 Å². The van der Waals surface area contributed by atoms with Gasteiger partial charge in [0, 0.05) is 4.47 Å². The second kappa shape index (κ2) is 5.13. The van der Waals surface area contributed by atoms with Crippen LogP contribution in [0.25, 0.3) is 0 Å². The van der Waals surface area contributed by atoms with Crippen LogP contribution in [0, 0.1) is 6.92 Å². The van der Waals surface area contributed by atoms with Gasteiger partial charge in [0.25, 0.3) is 0 Å². The van der Waals surface area contributed by atoms with Gasteiger partial charge in [-0.3, -0.25) is 0 Å². The molecule has 0 aliphatic rings. The maximum Gasteiger partial charge on any atom is 0.142 e. The maximum atomic E-state index is 6.01. The van der Waals surface area contributed by atoms with Crippen molar-refractivity contribution in [1.82, 2.24) is 0 Å². The van der Waals surface area contributed by atoms with Crippen LogP contribution >= 0.6 is 39.3 Å². The van der Waals surface area contributed by atoms with Gasteiger partial charge in [-0.1, -0.05) is 27.5 Å². The van der Waals surface area contributed by atoms with Crippen LogP contribution in [-0.4, -0.2) is 12.2 Å². The van der Waals surface area contributed by atoms with Crippen molar-refractivity contribution in [2.24, 2.45) is 0 Å².